The zero-order valence-electron chi connectivity index (χ0n) is 20.0. The molecule has 0 heterocycles. The van der Waals surface area contributed by atoms with Crippen LogP contribution in [-0.4, -0.2) is 33.9 Å². The summed E-state index contributed by atoms with van der Waals surface area (Å²) in [5.41, 5.74) is 4.09. The highest BCUT2D eigenvalue weighted by Gasteiger charge is 2.29. The van der Waals surface area contributed by atoms with Gasteiger partial charge in [0.2, 0.25) is 20.0 Å². The van der Waals surface area contributed by atoms with Gasteiger partial charge in [0.15, 0.2) is 0 Å². The first-order valence-corrected chi connectivity index (χ1v) is 14.7. The van der Waals surface area contributed by atoms with Crippen LogP contribution < -0.4 is 4.72 Å². The van der Waals surface area contributed by atoms with Gasteiger partial charge in [-0.2, -0.15) is 4.31 Å². The fraction of sp³-hybridized carbons (Fsp3) is 0.308. The quantitative estimate of drug-likeness (QED) is 0.411. The van der Waals surface area contributed by atoms with E-state index in [4.69, 9.17) is 0 Å². The summed E-state index contributed by atoms with van der Waals surface area (Å²) in [7, 11) is -6.85. The Morgan fingerprint density at radius 2 is 1.29 bits per heavy atom. The van der Waals surface area contributed by atoms with Crippen LogP contribution in [0.2, 0.25) is 0 Å². The van der Waals surface area contributed by atoms with Gasteiger partial charge in [-0.15, -0.1) is 0 Å². The van der Waals surface area contributed by atoms with E-state index in [2.05, 4.69) is 4.72 Å². The second kappa shape index (κ2) is 10.7. The molecule has 0 aliphatic rings. The SMILES string of the molecule is CC(C)CN([C@@H](C)c1ccc(-c2ccc(NS(C)(=O)=O)cc2)cc1)S(=O)(=O)Cc1ccccc1. The number of benzene rings is 3. The maximum absolute atomic E-state index is 13.3. The molecule has 0 aromatic heterocycles. The molecule has 0 aliphatic carbocycles. The normalized spacial score (nSPS) is 13.2. The van der Waals surface area contributed by atoms with Crippen molar-refractivity contribution < 1.29 is 16.8 Å². The van der Waals surface area contributed by atoms with E-state index in [0.717, 1.165) is 28.5 Å². The topological polar surface area (TPSA) is 83.6 Å². The molecule has 0 radical (unpaired) electrons. The lowest BCUT2D eigenvalue weighted by Gasteiger charge is -2.30. The van der Waals surface area contributed by atoms with Crippen molar-refractivity contribution in [2.24, 2.45) is 5.92 Å². The van der Waals surface area contributed by atoms with E-state index in [1.54, 1.807) is 16.4 Å². The molecule has 3 rings (SSSR count). The Morgan fingerprint density at radius 1 is 0.765 bits per heavy atom. The Morgan fingerprint density at radius 3 is 1.79 bits per heavy atom. The third-order valence-electron chi connectivity index (χ3n) is 5.44. The van der Waals surface area contributed by atoms with Gasteiger partial charge in [0, 0.05) is 18.3 Å². The molecule has 1 atom stereocenters. The average molecular weight is 501 g/mol. The molecule has 6 nitrogen and oxygen atoms in total. The van der Waals surface area contributed by atoms with Gasteiger partial charge in [-0.05, 0) is 47.2 Å². The van der Waals surface area contributed by atoms with E-state index in [0.29, 0.717) is 12.2 Å². The number of sulfonamides is 2. The van der Waals surface area contributed by atoms with Crippen LogP contribution >= 0.6 is 0 Å². The van der Waals surface area contributed by atoms with Crippen LogP contribution in [0.5, 0.6) is 0 Å². The van der Waals surface area contributed by atoms with Crippen molar-refractivity contribution in [3.8, 4) is 11.1 Å². The molecule has 0 saturated carbocycles. The monoisotopic (exact) mass is 500 g/mol. The lowest BCUT2D eigenvalue weighted by atomic mass is 10.0. The fourth-order valence-electron chi connectivity index (χ4n) is 3.81. The first-order valence-electron chi connectivity index (χ1n) is 11.2. The average Bonchev–Trinajstić information content (AvgIpc) is 2.77. The number of hydrogen-bond donors (Lipinski definition) is 1. The fourth-order valence-corrected chi connectivity index (χ4v) is 6.28. The van der Waals surface area contributed by atoms with Gasteiger partial charge in [0.05, 0.1) is 12.0 Å². The largest absolute Gasteiger partial charge is 0.284 e. The van der Waals surface area contributed by atoms with Crippen LogP contribution in [-0.2, 0) is 25.8 Å². The number of nitrogens with one attached hydrogen (secondary N) is 1. The standard InChI is InChI=1S/C26H32N2O4S2/c1-20(2)18-28(34(31,32)19-22-8-6-5-7-9-22)21(3)23-10-12-24(13-11-23)25-14-16-26(17-15-25)27-33(4,29)30/h5-17,20-21,27H,18-19H2,1-4H3/t21-/m0/s1. The van der Waals surface area contributed by atoms with E-state index in [1.165, 1.54) is 0 Å². The van der Waals surface area contributed by atoms with E-state index in [9.17, 15) is 16.8 Å². The number of rotatable bonds is 10. The van der Waals surface area contributed by atoms with Crippen LogP contribution in [0.1, 0.15) is 37.9 Å². The third kappa shape index (κ3) is 7.16. The van der Waals surface area contributed by atoms with Crippen molar-refractivity contribution in [3.05, 3.63) is 90.0 Å². The van der Waals surface area contributed by atoms with Crippen LogP contribution in [0.3, 0.4) is 0 Å². The van der Waals surface area contributed by atoms with Gasteiger partial charge in [-0.25, -0.2) is 16.8 Å². The molecular formula is C26H32N2O4S2. The second-order valence-electron chi connectivity index (χ2n) is 8.95. The summed E-state index contributed by atoms with van der Waals surface area (Å²) in [6.45, 7) is 6.39. The first kappa shape index (κ1) is 25.9. The minimum Gasteiger partial charge on any atom is -0.284 e. The van der Waals surface area contributed by atoms with Crippen LogP contribution in [0.25, 0.3) is 11.1 Å². The van der Waals surface area contributed by atoms with Gasteiger partial charge in [-0.3, -0.25) is 4.72 Å². The maximum Gasteiger partial charge on any atom is 0.229 e. The molecule has 0 aliphatic heterocycles. The molecule has 8 heteroatoms. The summed E-state index contributed by atoms with van der Waals surface area (Å²) in [5.74, 6) is 0.156. The van der Waals surface area contributed by atoms with Gasteiger partial charge in [0.25, 0.3) is 0 Å². The molecule has 1 N–H and O–H groups in total. The molecule has 0 fully saturated rings. The van der Waals surface area contributed by atoms with E-state index < -0.39 is 20.0 Å². The lowest BCUT2D eigenvalue weighted by molar-refractivity contribution is 0.308. The molecule has 3 aromatic carbocycles. The van der Waals surface area contributed by atoms with Crippen molar-refractivity contribution >= 4 is 25.7 Å². The molecule has 182 valence electrons. The van der Waals surface area contributed by atoms with Crippen molar-refractivity contribution in [1.82, 2.24) is 4.31 Å². The Kier molecular flexibility index (Phi) is 8.17. The Bertz CT molecular complexity index is 1290. The van der Waals surface area contributed by atoms with E-state index in [-0.39, 0.29) is 17.7 Å². The Balaban J connectivity index is 1.81. The van der Waals surface area contributed by atoms with Crippen molar-refractivity contribution in [2.45, 2.75) is 32.6 Å². The van der Waals surface area contributed by atoms with Crippen LogP contribution in [0, 0.1) is 5.92 Å². The summed E-state index contributed by atoms with van der Waals surface area (Å²) in [6.07, 6.45) is 1.11. The molecule has 0 spiro atoms. The molecule has 0 bridgehead atoms. The Hall–Kier alpha value is -2.68. The third-order valence-corrected chi connectivity index (χ3v) is 7.93. The number of anilines is 1. The summed E-state index contributed by atoms with van der Waals surface area (Å²) in [4.78, 5) is 0. The van der Waals surface area contributed by atoms with Crippen molar-refractivity contribution in [3.63, 3.8) is 0 Å². The smallest absolute Gasteiger partial charge is 0.229 e. The van der Waals surface area contributed by atoms with E-state index >= 15 is 0 Å². The minimum atomic E-state index is -3.52. The zero-order valence-corrected chi connectivity index (χ0v) is 21.6. The minimum absolute atomic E-state index is 0.0309. The molecule has 3 aromatic rings. The predicted molar refractivity (Wildman–Crippen MR) is 139 cm³/mol. The Labute approximate surface area is 203 Å². The summed E-state index contributed by atoms with van der Waals surface area (Å²) >= 11 is 0. The van der Waals surface area contributed by atoms with Gasteiger partial charge >= 0.3 is 0 Å². The predicted octanol–water partition coefficient (Wildman–Crippen LogP) is 5.27. The summed E-state index contributed by atoms with van der Waals surface area (Å²) < 4.78 is 53.5. The second-order valence-corrected chi connectivity index (χ2v) is 12.6. The molecule has 0 amide bonds. The highest BCUT2D eigenvalue weighted by atomic mass is 32.2. The molecule has 0 unspecified atom stereocenters. The van der Waals surface area contributed by atoms with Crippen molar-refractivity contribution in [1.29, 1.82) is 0 Å². The van der Waals surface area contributed by atoms with Crippen LogP contribution in [0.15, 0.2) is 78.9 Å². The highest BCUT2D eigenvalue weighted by molar-refractivity contribution is 7.92. The molecule has 34 heavy (non-hydrogen) atoms. The molecular weight excluding hydrogens is 468 g/mol. The van der Waals surface area contributed by atoms with Gasteiger partial charge < -0.3 is 0 Å². The lowest BCUT2D eigenvalue weighted by Crippen LogP contribution is -2.37. The zero-order chi connectivity index (χ0) is 24.9. The van der Waals surface area contributed by atoms with Gasteiger partial charge in [-0.1, -0.05) is 80.6 Å². The number of nitrogens with zero attached hydrogens (tertiary/aromatic N) is 1. The van der Waals surface area contributed by atoms with E-state index in [1.807, 2.05) is 87.5 Å². The van der Waals surface area contributed by atoms with Gasteiger partial charge in [0.1, 0.15) is 0 Å². The highest BCUT2D eigenvalue weighted by Crippen LogP contribution is 2.29. The van der Waals surface area contributed by atoms with Crippen LogP contribution in [0.4, 0.5) is 5.69 Å². The summed E-state index contributed by atoms with van der Waals surface area (Å²) in [6, 6.07) is 23.9. The number of hydrogen-bond acceptors (Lipinski definition) is 4. The van der Waals surface area contributed by atoms with Crippen molar-refractivity contribution in [2.75, 3.05) is 17.5 Å². The first-order chi connectivity index (χ1) is 15.9. The maximum atomic E-state index is 13.3. The molecule has 0 saturated heterocycles. The summed E-state index contributed by atoms with van der Waals surface area (Å²) in [5, 5.41) is 0.